The van der Waals surface area contributed by atoms with E-state index in [0.29, 0.717) is 0 Å². The average molecular weight is 307 g/mol. The zero-order valence-electron chi connectivity index (χ0n) is 12.9. The highest BCUT2D eigenvalue weighted by Gasteiger charge is 2.23. The van der Waals surface area contributed by atoms with Crippen molar-refractivity contribution in [1.29, 1.82) is 0 Å². The van der Waals surface area contributed by atoms with E-state index in [0.717, 1.165) is 29.0 Å². The molecule has 0 fully saturated rings. The number of aromatic nitrogens is 3. The van der Waals surface area contributed by atoms with Gasteiger partial charge in [-0.3, -0.25) is 0 Å². The summed E-state index contributed by atoms with van der Waals surface area (Å²) in [5.74, 6) is 0. The number of para-hydroxylation sites is 4. The van der Waals surface area contributed by atoms with Gasteiger partial charge in [0, 0.05) is 21.9 Å². The molecule has 0 spiro atoms. The van der Waals surface area contributed by atoms with Gasteiger partial charge >= 0.3 is 0 Å². The molecule has 3 heteroatoms. The SMILES string of the molecule is c1ccc2nc3c(nc2c1)Cn1c2ccccc2c2cccc-3c21. The van der Waals surface area contributed by atoms with E-state index in [9.17, 15) is 0 Å². The van der Waals surface area contributed by atoms with E-state index in [1.807, 2.05) is 24.3 Å². The van der Waals surface area contributed by atoms with Crippen LogP contribution in [0.4, 0.5) is 0 Å². The van der Waals surface area contributed by atoms with Gasteiger partial charge in [-0.2, -0.15) is 0 Å². The Labute approximate surface area is 138 Å². The van der Waals surface area contributed by atoms with Gasteiger partial charge in [0.1, 0.15) is 0 Å². The highest BCUT2D eigenvalue weighted by molar-refractivity contribution is 6.13. The van der Waals surface area contributed by atoms with Crippen molar-refractivity contribution in [1.82, 2.24) is 14.5 Å². The van der Waals surface area contributed by atoms with Crippen LogP contribution in [0, 0.1) is 0 Å². The van der Waals surface area contributed by atoms with Crippen molar-refractivity contribution in [3.63, 3.8) is 0 Å². The molecule has 0 N–H and O–H groups in total. The molecule has 0 atom stereocenters. The molecular formula is C21H13N3. The van der Waals surface area contributed by atoms with E-state index in [-0.39, 0.29) is 0 Å². The lowest BCUT2D eigenvalue weighted by Crippen LogP contribution is -2.11. The second-order valence-electron chi connectivity index (χ2n) is 6.31. The first-order chi connectivity index (χ1) is 11.9. The van der Waals surface area contributed by atoms with Gasteiger partial charge in [-0.25, -0.2) is 9.97 Å². The minimum atomic E-state index is 0.772. The van der Waals surface area contributed by atoms with Gasteiger partial charge in [-0.1, -0.05) is 48.5 Å². The Morgan fingerprint density at radius 1 is 0.708 bits per heavy atom. The third-order valence-corrected chi connectivity index (χ3v) is 5.00. The lowest BCUT2D eigenvalue weighted by Gasteiger charge is -2.19. The Hall–Kier alpha value is -3.20. The van der Waals surface area contributed by atoms with Gasteiger partial charge in [0.25, 0.3) is 0 Å². The number of hydrogen-bond acceptors (Lipinski definition) is 2. The van der Waals surface area contributed by atoms with Crippen LogP contribution in [0.3, 0.4) is 0 Å². The summed E-state index contributed by atoms with van der Waals surface area (Å²) < 4.78 is 2.38. The Bertz CT molecular complexity index is 1280. The summed E-state index contributed by atoms with van der Waals surface area (Å²) >= 11 is 0. The largest absolute Gasteiger partial charge is 0.334 e. The molecule has 0 aliphatic carbocycles. The smallest absolute Gasteiger partial charge is 0.0965 e. The quantitative estimate of drug-likeness (QED) is 0.405. The van der Waals surface area contributed by atoms with Gasteiger partial charge in [0.15, 0.2) is 0 Å². The summed E-state index contributed by atoms with van der Waals surface area (Å²) in [5, 5.41) is 2.59. The highest BCUT2D eigenvalue weighted by atomic mass is 15.0. The zero-order valence-corrected chi connectivity index (χ0v) is 12.9. The van der Waals surface area contributed by atoms with Gasteiger partial charge in [-0.05, 0) is 18.2 Å². The fourth-order valence-electron chi connectivity index (χ4n) is 3.98. The first kappa shape index (κ1) is 12.3. The third-order valence-electron chi connectivity index (χ3n) is 5.00. The molecule has 3 aromatic carbocycles. The molecule has 1 aliphatic rings. The minimum absolute atomic E-state index is 0.772. The second kappa shape index (κ2) is 4.20. The molecule has 0 bridgehead atoms. The van der Waals surface area contributed by atoms with E-state index in [1.54, 1.807) is 0 Å². The fourth-order valence-corrected chi connectivity index (χ4v) is 3.98. The second-order valence-corrected chi connectivity index (χ2v) is 6.31. The first-order valence-electron chi connectivity index (χ1n) is 8.16. The maximum absolute atomic E-state index is 4.93. The van der Waals surface area contributed by atoms with Crippen molar-refractivity contribution in [2.75, 3.05) is 0 Å². The average Bonchev–Trinajstić information content (AvgIpc) is 2.96. The summed E-state index contributed by atoms with van der Waals surface area (Å²) in [6.45, 7) is 0.772. The monoisotopic (exact) mass is 307 g/mol. The van der Waals surface area contributed by atoms with Crippen LogP contribution >= 0.6 is 0 Å². The van der Waals surface area contributed by atoms with Crippen LogP contribution < -0.4 is 0 Å². The Morgan fingerprint density at radius 3 is 2.38 bits per heavy atom. The van der Waals surface area contributed by atoms with Crippen LogP contribution in [0.25, 0.3) is 44.1 Å². The van der Waals surface area contributed by atoms with E-state index in [1.165, 1.54) is 27.4 Å². The van der Waals surface area contributed by atoms with Crippen molar-refractivity contribution in [3.8, 4) is 11.3 Å². The molecule has 2 aromatic heterocycles. The lowest BCUT2D eigenvalue weighted by molar-refractivity contribution is 0.825. The summed E-state index contributed by atoms with van der Waals surface area (Å²) in [5.41, 5.74) is 7.71. The van der Waals surface area contributed by atoms with Crippen LogP contribution in [-0.4, -0.2) is 14.5 Å². The molecule has 0 unspecified atom stereocenters. The van der Waals surface area contributed by atoms with Crippen molar-refractivity contribution >= 4 is 32.8 Å². The van der Waals surface area contributed by atoms with Crippen molar-refractivity contribution < 1.29 is 0 Å². The Morgan fingerprint density at radius 2 is 1.46 bits per heavy atom. The van der Waals surface area contributed by atoms with E-state index in [4.69, 9.17) is 9.97 Å². The van der Waals surface area contributed by atoms with Crippen LogP contribution in [0.5, 0.6) is 0 Å². The van der Waals surface area contributed by atoms with Gasteiger partial charge in [0.2, 0.25) is 0 Å². The molecule has 3 heterocycles. The van der Waals surface area contributed by atoms with E-state index in [2.05, 4.69) is 47.0 Å². The molecular weight excluding hydrogens is 294 g/mol. The van der Waals surface area contributed by atoms with Gasteiger partial charge < -0.3 is 4.57 Å². The molecule has 0 amide bonds. The standard InChI is InChI=1S/C21H13N3/c1-4-11-19-13(6-1)14-7-5-8-15-20-18(12-24(19)21(14)15)22-16-9-2-3-10-17(16)23-20/h1-11H,12H2. The molecule has 112 valence electrons. The predicted molar refractivity (Wildman–Crippen MR) is 97.1 cm³/mol. The lowest BCUT2D eigenvalue weighted by atomic mass is 10.0. The number of fused-ring (bicyclic) bond motifs is 6. The fraction of sp³-hybridized carbons (Fsp3) is 0.0476. The van der Waals surface area contributed by atoms with Crippen molar-refractivity contribution in [3.05, 3.63) is 72.4 Å². The molecule has 1 aliphatic heterocycles. The van der Waals surface area contributed by atoms with Crippen LogP contribution in [0.2, 0.25) is 0 Å². The van der Waals surface area contributed by atoms with Gasteiger partial charge in [-0.15, -0.1) is 0 Å². The summed E-state index contributed by atoms with van der Waals surface area (Å²) in [6, 6.07) is 23.2. The molecule has 6 rings (SSSR count). The molecule has 0 saturated heterocycles. The first-order valence-corrected chi connectivity index (χ1v) is 8.16. The summed E-state index contributed by atoms with van der Waals surface area (Å²) in [6.07, 6.45) is 0. The normalized spacial score (nSPS) is 12.8. The topological polar surface area (TPSA) is 30.7 Å². The third kappa shape index (κ3) is 1.42. The Balaban J connectivity index is 1.82. The van der Waals surface area contributed by atoms with Crippen molar-refractivity contribution in [2.24, 2.45) is 0 Å². The summed E-state index contributed by atoms with van der Waals surface area (Å²) in [7, 11) is 0. The van der Waals surface area contributed by atoms with Crippen molar-refractivity contribution in [2.45, 2.75) is 6.54 Å². The van der Waals surface area contributed by atoms with Crippen LogP contribution in [0.1, 0.15) is 5.69 Å². The van der Waals surface area contributed by atoms with E-state index >= 15 is 0 Å². The zero-order chi connectivity index (χ0) is 15.7. The number of hydrogen-bond donors (Lipinski definition) is 0. The maximum atomic E-state index is 4.93. The summed E-state index contributed by atoms with van der Waals surface area (Å²) in [4.78, 5) is 9.84. The Kier molecular flexibility index (Phi) is 2.15. The van der Waals surface area contributed by atoms with Gasteiger partial charge in [0.05, 0.1) is 34.5 Å². The molecule has 0 saturated carbocycles. The van der Waals surface area contributed by atoms with E-state index < -0.39 is 0 Å². The minimum Gasteiger partial charge on any atom is -0.334 e. The molecule has 0 radical (unpaired) electrons. The number of benzene rings is 3. The predicted octanol–water partition coefficient (Wildman–Crippen LogP) is 4.77. The number of nitrogens with zero attached hydrogens (tertiary/aromatic N) is 3. The molecule has 24 heavy (non-hydrogen) atoms. The molecule has 5 aromatic rings. The number of rotatable bonds is 0. The highest BCUT2D eigenvalue weighted by Crippen LogP contribution is 2.40. The van der Waals surface area contributed by atoms with Crippen LogP contribution in [0.15, 0.2) is 66.7 Å². The van der Waals surface area contributed by atoms with Crippen LogP contribution in [-0.2, 0) is 6.54 Å². The maximum Gasteiger partial charge on any atom is 0.0965 e. The molecule has 3 nitrogen and oxygen atoms in total.